The van der Waals surface area contributed by atoms with Crippen LogP contribution >= 0.6 is 146 Å². The van der Waals surface area contributed by atoms with Crippen molar-refractivity contribution < 1.29 is 0 Å². The van der Waals surface area contributed by atoms with Crippen molar-refractivity contribution in [3.05, 3.63) is 136 Å². The predicted molar refractivity (Wildman–Crippen MR) is 584 cm³/mol. The lowest BCUT2D eigenvalue weighted by Gasteiger charge is -2.31. The number of unbranched alkanes of at least 4 members (excludes halogenated alkanes) is 40. The summed E-state index contributed by atoms with van der Waals surface area (Å²) in [6.07, 6.45) is 74.9. The van der Waals surface area contributed by atoms with Gasteiger partial charge < -0.3 is 0 Å². The normalized spacial score (nSPS) is 14.5. The van der Waals surface area contributed by atoms with Gasteiger partial charge in [0.25, 0.3) is 0 Å². The van der Waals surface area contributed by atoms with E-state index in [1.54, 1.807) is 64.0 Å². The van der Waals surface area contributed by atoms with E-state index < -0.39 is 0 Å². The summed E-state index contributed by atoms with van der Waals surface area (Å²) in [6.45, 7) is 18.6. The monoisotopic (exact) mass is 2030 g/mol. The molecule has 16 heteroatoms. The van der Waals surface area contributed by atoms with Gasteiger partial charge in [-0.25, -0.2) is 0 Å². The van der Waals surface area contributed by atoms with Crippen molar-refractivity contribution in [2.24, 2.45) is 0 Å². The van der Waals surface area contributed by atoms with Gasteiger partial charge in [-0.1, -0.05) is 388 Å². The fourth-order valence-corrected chi connectivity index (χ4v) is 35.4. The minimum Gasteiger partial charge on any atom is -0.172 e. The summed E-state index contributed by atoms with van der Waals surface area (Å²) < 4.78 is 23.0. The second kappa shape index (κ2) is 49.1. The van der Waals surface area contributed by atoms with E-state index in [1.165, 1.54) is 452 Å². The lowest BCUT2D eigenvalue weighted by Crippen LogP contribution is -2.25. The highest BCUT2D eigenvalue weighted by atomic mass is 79.9. The number of rotatable bonds is 60. The Kier molecular flexibility index (Phi) is 38.0. The molecule has 692 valence electrons. The molecule has 0 aliphatic heterocycles. The number of halogens is 2. The molecule has 0 unspecified atom stereocenters. The number of thiophene rings is 8. The third kappa shape index (κ3) is 22.1. The van der Waals surface area contributed by atoms with Gasteiger partial charge in [-0.2, -0.15) is 17.5 Å². The van der Waals surface area contributed by atoms with Crippen LogP contribution in [0.3, 0.4) is 0 Å². The van der Waals surface area contributed by atoms with Crippen LogP contribution < -0.4 is 0 Å². The molecule has 16 rings (SSSR count). The largest absolute Gasteiger partial charge is 0.172 e. The molecule has 0 N–H and O–H groups in total. The Morgan fingerprint density at radius 2 is 0.398 bits per heavy atom. The number of nitrogens with zero attached hydrogens (tertiary/aromatic N) is 4. The Morgan fingerprint density at radius 3 is 0.625 bits per heavy atom. The first-order chi connectivity index (χ1) is 63.0. The Balaban J connectivity index is 0.000000197. The minimum absolute atomic E-state index is 0.0987. The first-order valence-electron chi connectivity index (χ1n) is 51.8. The summed E-state index contributed by atoms with van der Waals surface area (Å²) >= 11 is 26.8. The van der Waals surface area contributed by atoms with E-state index in [-0.39, 0.29) is 21.7 Å². The van der Waals surface area contributed by atoms with Gasteiger partial charge in [-0.05, 0) is 187 Å². The fraction of sp³-hybridized carbons (Fsp3) is 0.607. The van der Waals surface area contributed by atoms with E-state index in [2.05, 4.69) is 171 Å². The molecule has 0 radical (unpaired) electrons. The zero-order valence-electron chi connectivity index (χ0n) is 79.3. The van der Waals surface area contributed by atoms with Crippen LogP contribution in [-0.2, 0) is 21.7 Å². The molecule has 2 aromatic carbocycles. The number of fused-ring (bicyclic) bond motifs is 14. The van der Waals surface area contributed by atoms with Crippen LogP contribution in [0.1, 0.15) is 459 Å². The van der Waals surface area contributed by atoms with Gasteiger partial charge in [-0.15, -0.1) is 90.7 Å². The summed E-state index contributed by atoms with van der Waals surface area (Å²) in [4.78, 5) is 17.7. The van der Waals surface area contributed by atoms with Crippen LogP contribution in [0.4, 0.5) is 0 Å². The van der Waals surface area contributed by atoms with Gasteiger partial charge in [0.15, 0.2) is 0 Å². The molecule has 0 spiro atoms. The van der Waals surface area contributed by atoms with Crippen LogP contribution in [0.2, 0.25) is 0 Å². The predicted octanol–water partition coefficient (Wildman–Crippen LogP) is 43.1. The number of benzene rings is 2. The van der Waals surface area contributed by atoms with Crippen molar-refractivity contribution in [3.63, 3.8) is 0 Å². The summed E-state index contributed by atoms with van der Waals surface area (Å²) in [5.41, 5.74) is 22.9. The van der Waals surface area contributed by atoms with Gasteiger partial charge in [-0.3, -0.25) is 0 Å². The third-order valence-electron chi connectivity index (χ3n) is 30.2. The van der Waals surface area contributed by atoms with Crippen LogP contribution in [0.25, 0.3) is 103 Å². The van der Waals surface area contributed by atoms with E-state index in [1.807, 2.05) is 90.7 Å². The maximum atomic E-state index is 5.13. The molecule has 4 aliphatic rings. The van der Waals surface area contributed by atoms with Crippen molar-refractivity contribution in [3.8, 4) is 80.8 Å². The molecule has 0 saturated carbocycles. The molecule has 0 bridgehead atoms. The quantitative estimate of drug-likeness (QED) is 0.0357. The van der Waals surface area contributed by atoms with Gasteiger partial charge in [0.2, 0.25) is 0 Å². The topological polar surface area (TPSA) is 51.6 Å². The lowest BCUT2D eigenvalue weighted by atomic mass is 9.71. The van der Waals surface area contributed by atoms with E-state index in [0.717, 1.165) is 22.1 Å². The van der Waals surface area contributed by atoms with Gasteiger partial charge in [0.1, 0.15) is 22.1 Å². The van der Waals surface area contributed by atoms with Gasteiger partial charge >= 0.3 is 0 Å². The molecule has 0 saturated heterocycles. The molecule has 128 heavy (non-hydrogen) atoms. The Bertz CT molecular complexity index is 5010. The van der Waals surface area contributed by atoms with E-state index in [4.69, 9.17) is 17.5 Å². The number of hydrogen-bond donors (Lipinski definition) is 0. The van der Waals surface area contributed by atoms with E-state index in [9.17, 15) is 0 Å². The molecule has 10 aromatic heterocycles. The van der Waals surface area contributed by atoms with Gasteiger partial charge in [0.05, 0.1) is 31.0 Å². The number of aromatic nitrogens is 4. The molecule has 0 atom stereocenters. The fourth-order valence-electron chi connectivity index (χ4n) is 23.1. The van der Waals surface area contributed by atoms with Crippen molar-refractivity contribution in [1.29, 1.82) is 0 Å². The summed E-state index contributed by atoms with van der Waals surface area (Å²) in [5, 5.41) is 4.77. The standard InChI is InChI=1S/C56H74Br2N2S5.C56H76N2S5/c1-5-9-13-17-21-25-31-55(32-26-22-18-14-10-6-2)41-35-45(61-51(41)53-43(55)37-47(57)63-53)39-29-30-40(50-49(39)59-65-60-50)46-36-42-52(62-46)54-44(38-48(58)64-54)56(42,33-27-23-19-15-11-7-3)34-28-24-20-16-12-8-4;1-5-9-13-17-21-25-33-55(34-26-22-18-14-10-6-2)43-31-37-59-51(43)53-45(55)39-47(61-53)41-29-30-42(50-49(41)57-63-58-50)48-40-46-54(62-48)52-44(32-38-60-52)56(46,35-27-23-19-15-11-7-3)36-28-24-20-16-12-8-4/h29-30,35-38H,5-28,31-34H2,1-4H3;29-32,37-40H,5-28,33-36H2,1-4H3. The average Bonchev–Trinajstić information content (AvgIpc) is 1.59. The zero-order valence-corrected chi connectivity index (χ0v) is 90.6. The summed E-state index contributed by atoms with van der Waals surface area (Å²) in [7, 11) is 0. The maximum Gasteiger partial charge on any atom is 0.114 e. The van der Waals surface area contributed by atoms with E-state index in [0.29, 0.717) is 0 Å². The Morgan fingerprint density at radius 1 is 0.211 bits per heavy atom. The highest BCUT2D eigenvalue weighted by Crippen LogP contribution is 2.67. The molecule has 4 aliphatic carbocycles. The average molecular weight is 2030 g/mol. The maximum absolute atomic E-state index is 5.13. The van der Waals surface area contributed by atoms with Crippen LogP contribution in [-0.4, -0.2) is 17.5 Å². The first-order valence-corrected chi connectivity index (χ1v) is 61.6. The first kappa shape index (κ1) is 99.1. The molecule has 0 fully saturated rings. The third-order valence-corrected chi connectivity index (χ3v) is 41.7. The molecular weight excluding hydrogens is 1880 g/mol. The van der Waals surface area contributed by atoms with Crippen LogP contribution in [0, 0.1) is 0 Å². The van der Waals surface area contributed by atoms with Crippen LogP contribution in [0.15, 0.2) is 91.1 Å². The second-order valence-electron chi connectivity index (χ2n) is 39.0. The second-order valence-corrected chi connectivity index (χ2v) is 51.0. The highest BCUT2D eigenvalue weighted by molar-refractivity contribution is 9.11. The Hall–Kier alpha value is -3.36. The van der Waals surface area contributed by atoms with Crippen molar-refractivity contribution in [2.45, 2.75) is 437 Å². The van der Waals surface area contributed by atoms with E-state index >= 15 is 0 Å². The number of hydrogen-bond acceptors (Lipinski definition) is 14. The molecule has 12 aromatic rings. The molecule has 10 heterocycles. The molecular formula is C112H150Br2N4S10. The van der Waals surface area contributed by atoms with Crippen molar-refractivity contribution >= 4 is 168 Å². The van der Waals surface area contributed by atoms with Crippen molar-refractivity contribution in [1.82, 2.24) is 17.5 Å². The summed E-state index contributed by atoms with van der Waals surface area (Å²) in [5.74, 6) is 0. The highest BCUT2D eigenvalue weighted by Gasteiger charge is 2.50. The molecule has 4 nitrogen and oxygen atoms in total. The summed E-state index contributed by atoms with van der Waals surface area (Å²) in [6, 6.07) is 30.2. The van der Waals surface area contributed by atoms with Crippen molar-refractivity contribution in [2.75, 3.05) is 0 Å². The van der Waals surface area contributed by atoms with Gasteiger partial charge in [0, 0.05) is 102 Å². The Labute approximate surface area is 830 Å². The lowest BCUT2D eigenvalue weighted by molar-refractivity contribution is 0.398. The SMILES string of the molecule is CCCCCCCCC1(CCCCCCCC)c2cc(Br)sc2-c2sc(-c3ccc(-c4cc5c(s4)-c4sc(Br)cc4C5(CCCCCCCC)CCCCCCCC)c4nsnc34)cc21.CCCCCCCCC1(CCCCCCCC)c2ccsc2-c2sc(-c3ccc(-c4cc5c(s4)-c4sccc4C5(CCCCCCCC)CCCCCCCC)c4nsnc34)cc21. The smallest absolute Gasteiger partial charge is 0.114 e. The zero-order chi connectivity index (χ0) is 88.7. The molecule has 0 amide bonds. The van der Waals surface area contributed by atoms with Crippen LogP contribution in [0.5, 0.6) is 0 Å². The minimum atomic E-state index is 0.0987.